The lowest BCUT2D eigenvalue weighted by Gasteiger charge is -2.41. The Morgan fingerprint density at radius 3 is 1.31 bits per heavy atom. The van der Waals surface area contributed by atoms with Crippen molar-refractivity contribution in [2.45, 2.75) is 83.0 Å². The van der Waals surface area contributed by atoms with Crippen molar-refractivity contribution in [3.05, 3.63) is 228 Å². The van der Waals surface area contributed by atoms with Gasteiger partial charge in [-0.2, -0.15) is 0 Å². The molecule has 4 aliphatic rings. The summed E-state index contributed by atoms with van der Waals surface area (Å²) in [6, 6.07) is 66.6. The van der Waals surface area contributed by atoms with Crippen molar-refractivity contribution in [3.8, 4) is 44.8 Å². The van der Waals surface area contributed by atoms with Gasteiger partial charge in [0.2, 0.25) is 0 Å². The Bertz CT molecular complexity index is 3650. The first kappa shape index (κ1) is 43.1. The molecule has 0 saturated carbocycles. The van der Waals surface area contributed by atoms with Crippen molar-refractivity contribution >= 4 is 33.8 Å². The van der Waals surface area contributed by atoms with E-state index in [1.54, 1.807) is 0 Å². The van der Waals surface area contributed by atoms with Crippen LogP contribution in [-0.2, 0) is 5.41 Å². The monoisotopic (exact) mass is 920 g/mol. The molecule has 2 aromatic heterocycles. The van der Waals surface area contributed by atoms with Crippen molar-refractivity contribution in [2.75, 3.05) is 9.80 Å². The number of anilines is 2. The third-order valence-corrected chi connectivity index (χ3v) is 17.0. The van der Waals surface area contributed by atoms with Gasteiger partial charge in [-0.25, -0.2) is 0 Å². The Kier molecular flexibility index (Phi) is 9.12. The highest BCUT2D eigenvalue weighted by Gasteiger charge is 2.54. The number of hydrogen-bond donors (Lipinski definition) is 0. The molecular formula is C65H56N6. The van der Waals surface area contributed by atoms with Crippen LogP contribution in [0.15, 0.2) is 204 Å². The van der Waals surface area contributed by atoms with Gasteiger partial charge in [-0.1, -0.05) is 121 Å². The number of fused-ring (bicyclic) bond motifs is 12. The number of aliphatic imine (C=N–C) groups is 2. The van der Waals surface area contributed by atoms with Crippen LogP contribution in [-0.4, -0.2) is 43.8 Å². The average Bonchev–Trinajstić information content (AvgIpc) is 4.00. The van der Waals surface area contributed by atoms with Gasteiger partial charge >= 0.3 is 0 Å². The number of benzene rings is 7. The van der Waals surface area contributed by atoms with E-state index in [9.17, 15) is 0 Å². The molecule has 7 aromatic carbocycles. The highest BCUT2D eigenvalue weighted by molar-refractivity contribution is 6.14. The van der Waals surface area contributed by atoms with Crippen molar-refractivity contribution in [1.82, 2.24) is 9.97 Å². The topological polar surface area (TPSA) is 57.0 Å². The minimum absolute atomic E-state index is 0.241. The summed E-state index contributed by atoms with van der Waals surface area (Å²) in [6.45, 7) is 18.0. The lowest BCUT2D eigenvalue weighted by molar-refractivity contribution is 0.338. The zero-order valence-corrected chi connectivity index (χ0v) is 41.7. The van der Waals surface area contributed by atoms with Crippen LogP contribution < -0.4 is 9.80 Å². The summed E-state index contributed by atoms with van der Waals surface area (Å²) in [4.78, 5) is 25.8. The molecule has 0 bridgehead atoms. The second-order valence-electron chi connectivity index (χ2n) is 21.8. The zero-order valence-electron chi connectivity index (χ0n) is 41.7. The van der Waals surface area contributed by atoms with E-state index in [4.69, 9.17) is 20.0 Å². The van der Waals surface area contributed by atoms with E-state index in [0.29, 0.717) is 0 Å². The van der Waals surface area contributed by atoms with Crippen molar-refractivity contribution in [3.63, 3.8) is 0 Å². The van der Waals surface area contributed by atoms with Gasteiger partial charge in [-0.05, 0) is 171 Å². The van der Waals surface area contributed by atoms with E-state index < -0.39 is 5.41 Å². The Labute approximate surface area is 417 Å². The van der Waals surface area contributed by atoms with Gasteiger partial charge in [0.15, 0.2) is 0 Å². The second kappa shape index (κ2) is 15.0. The molecule has 2 aliphatic heterocycles. The van der Waals surface area contributed by atoms with Gasteiger partial charge in [0.25, 0.3) is 0 Å². The van der Waals surface area contributed by atoms with E-state index in [1.807, 2.05) is 12.4 Å². The molecule has 4 heterocycles. The molecule has 0 radical (unpaired) electrons. The van der Waals surface area contributed by atoms with Crippen LogP contribution >= 0.6 is 0 Å². The van der Waals surface area contributed by atoms with E-state index in [-0.39, 0.29) is 22.2 Å². The van der Waals surface area contributed by atoms with Crippen LogP contribution in [0.1, 0.15) is 88.8 Å². The van der Waals surface area contributed by atoms with Crippen molar-refractivity contribution in [2.24, 2.45) is 9.98 Å². The van der Waals surface area contributed by atoms with Crippen molar-refractivity contribution in [1.29, 1.82) is 0 Å². The standard InChI is InChI=1S/C65H56N6/c1-61(2)63(5,6)70(46-19-11-9-12-20-46)59(68-61)44-30-35-56(66-39-44)42-28-32-48-41(37-42)27-34-52-51-33-29-43(38-55(51)65(58(48)52)53-25-17-15-23-49(53)50-24-16-18-26-54(50)65)57-36-31-45(40-67-57)60-69-62(3,4)64(7,8)71(60)47-21-13-10-14-22-47/h9-40H,1-8H3. The quantitative estimate of drug-likeness (QED) is 0.167. The molecule has 71 heavy (non-hydrogen) atoms. The average molecular weight is 921 g/mol. The Morgan fingerprint density at radius 2 is 0.803 bits per heavy atom. The summed E-state index contributed by atoms with van der Waals surface area (Å²) in [5, 5.41) is 2.42. The number of pyridine rings is 2. The van der Waals surface area contributed by atoms with Crippen LogP contribution in [0.25, 0.3) is 55.5 Å². The maximum Gasteiger partial charge on any atom is 0.138 e. The fraction of sp³-hybridized carbons (Fsp3) is 0.200. The van der Waals surface area contributed by atoms with Gasteiger partial charge in [-0.15, -0.1) is 0 Å². The summed E-state index contributed by atoms with van der Waals surface area (Å²) in [5.41, 5.74) is 16.9. The lowest BCUT2D eigenvalue weighted by Crippen LogP contribution is -2.53. The molecule has 0 fully saturated rings. The molecule has 1 spiro atoms. The van der Waals surface area contributed by atoms with Crippen LogP contribution in [0.5, 0.6) is 0 Å². The molecule has 6 nitrogen and oxygen atoms in total. The van der Waals surface area contributed by atoms with E-state index in [0.717, 1.165) is 56.7 Å². The molecule has 0 saturated heterocycles. The second-order valence-corrected chi connectivity index (χ2v) is 21.8. The number of aromatic nitrogens is 2. The Morgan fingerprint density at radius 1 is 0.366 bits per heavy atom. The fourth-order valence-corrected chi connectivity index (χ4v) is 12.1. The molecule has 0 atom stereocenters. The minimum atomic E-state index is -0.547. The predicted molar refractivity (Wildman–Crippen MR) is 294 cm³/mol. The van der Waals surface area contributed by atoms with Crippen LogP contribution in [0.4, 0.5) is 11.4 Å². The molecule has 13 rings (SSSR count). The Hall–Kier alpha value is -7.96. The van der Waals surface area contributed by atoms with Gasteiger partial charge in [0, 0.05) is 46.0 Å². The Balaban J connectivity index is 0.911. The maximum atomic E-state index is 5.34. The van der Waals surface area contributed by atoms with E-state index in [1.165, 1.54) is 55.3 Å². The summed E-state index contributed by atoms with van der Waals surface area (Å²) >= 11 is 0. The van der Waals surface area contributed by atoms with Gasteiger partial charge in [0.1, 0.15) is 11.7 Å². The summed E-state index contributed by atoms with van der Waals surface area (Å²) in [7, 11) is 0. The third-order valence-electron chi connectivity index (χ3n) is 17.0. The SMILES string of the molecule is CC1(C)N=C(c2ccc(-c3ccc4c(c3)C3(c5ccccc5-c5ccccc53)c3c-4ccc4cc(-c5ccc(C6=NC(C)(C)C(C)(C)N6c6ccccc6)cn5)ccc34)nc2)N(c2ccccc2)C1(C)C. The van der Waals surface area contributed by atoms with Crippen molar-refractivity contribution < 1.29 is 0 Å². The predicted octanol–water partition coefficient (Wildman–Crippen LogP) is 15.0. The molecule has 0 N–H and O–H groups in total. The van der Waals surface area contributed by atoms with Gasteiger partial charge in [0.05, 0.1) is 39.0 Å². The normalized spacial score (nSPS) is 18.0. The maximum absolute atomic E-state index is 5.34. The van der Waals surface area contributed by atoms with E-state index in [2.05, 4.69) is 247 Å². The number of para-hydroxylation sites is 2. The zero-order chi connectivity index (χ0) is 48.7. The molecule has 346 valence electrons. The summed E-state index contributed by atoms with van der Waals surface area (Å²) in [5.74, 6) is 1.89. The number of rotatable bonds is 6. The van der Waals surface area contributed by atoms with Crippen LogP contribution in [0.2, 0.25) is 0 Å². The number of nitrogens with zero attached hydrogens (tertiary/aromatic N) is 6. The lowest BCUT2D eigenvalue weighted by atomic mass is 9.69. The van der Waals surface area contributed by atoms with E-state index >= 15 is 0 Å². The molecule has 0 amide bonds. The molecule has 2 aliphatic carbocycles. The first-order valence-corrected chi connectivity index (χ1v) is 25.0. The highest BCUT2D eigenvalue weighted by Crippen LogP contribution is 2.64. The minimum Gasteiger partial charge on any atom is -0.318 e. The number of hydrogen-bond acceptors (Lipinski definition) is 6. The summed E-state index contributed by atoms with van der Waals surface area (Å²) < 4.78 is 0. The molecule has 0 unspecified atom stereocenters. The van der Waals surface area contributed by atoms with Gasteiger partial charge < -0.3 is 9.80 Å². The molecular weight excluding hydrogens is 865 g/mol. The van der Waals surface area contributed by atoms with Gasteiger partial charge in [-0.3, -0.25) is 20.0 Å². The summed E-state index contributed by atoms with van der Waals surface area (Å²) in [6.07, 6.45) is 4.01. The van der Waals surface area contributed by atoms with Crippen LogP contribution in [0, 0.1) is 0 Å². The third kappa shape index (κ3) is 6.00. The highest BCUT2D eigenvalue weighted by atomic mass is 15.3. The fourth-order valence-electron chi connectivity index (χ4n) is 12.1. The first-order chi connectivity index (χ1) is 34.2. The molecule has 6 heteroatoms. The first-order valence-electron chi connectivity index (χ1n) is 25.0. The van der Waals surface area contributed by atoms with Crippen LogP contribution in [0.3, 0.4) is 0 Å². The largest absolute Gasteiger partial charge is 0.318 e. The smallest absolute Gasteiger partial charge is 0.138 e. The molecule has 9 aromatic rings. The number of amidine groups is 2.